The van der Waals surface area contributed by atoms with Gasteiger partial charge in [0.25, 0.3) is 10.0 Å². The fourth-order valence-electron chi connectivity index (χ4n) is 2.42. The summed E-state index contributed by atoms with van der Waals surface area (Å²) >= 11 is 0. The van der Waals surface area contributed by atoms with Crippen molar-refractivity contribution in [1.29, 1.82) is 0 Å². The summed E-state index contributed by atoms with van der Waals surface area (Å²) < 4.78 is 65.4. The zero-order valence-corrected chi connectivity index (χ0v) is 14.4. The molecule has 0 aliphatic carbocycles. The summed E-state index contributed by atoms with van der Waals surface area (Å²) in [4.78, 5) is 3.99. The zero-order chi connectivity index (χ0) is 19.7. The first kappa shape index (κ1) is 18.6. The van der Waals surface area contributed by atoms with Crippen LogP contribution in [-0.2, 0) is 16.2 Å². The molecule has 0 saturated heterocycles. The Labute approximate surface area is 152 Å². The lowest BCUT2D eigenvalue weighted by Gasteiger charge is -2.12. The van der Waals surface area contributed by atoms with Crippen LogP contribution in [0.15, 0.2) is 64.6 Å². The standard InChI is InChI=1S/C17H13F3N4O2S/c18-17(19,20)12-5-8-14(9-6-12)27(25,26)24-15-3-1-2-11-4-7-13(10-22-21)23-16(11)15/h1-10,24H,21H2/b22-10+. The molecular formula is C17H13F3N4O2S. The molecule has 27 heavy (non-hydrogen) atoms. The molecule has 0 atom stereocenters. The van der Waals surface area contributed by atoms with Gasteiger partial charge in [0.15, 0.2) is 0 Å². The molecule has 0 unspecified atom stereocenters. The van der Waals surface area contributed by atoms with E-state index in [2.05, 4.69) is 14.8 Å². The van der Waals surface area contributed by atoms with Gasteiger partial charge in [-0.25, -0.2) is 13.4 Å². The van der Waals surface area contributed by atoms with Gasteiger partial charge >= 0.3 is 6.18 Å². The lowest BCUT2D eigenvalue weighted by Crippen LogP contribution is -2.14. The van der Waals surface area contributed by atoms with E-state index >= 15 is 0 Å². The van der Waals surface area contributed by atoms with Crippen molar-refractivity contribution >= 4 is 32.8 Å². The van der Waals surface area contributed by atoms with Crippen molar-refractivity contribution in [3.63, 3.8) is 0 Å². The van der Waals surface area contributed by atoms with Gasteiger partial charge in [-0.15, -0.1) is 0 Å². The Balaban J connectivity index is 1.99. The molecule has 3 rings (SSSR count). The van der Waals surface area contributed by atoms with Gasteiger partial charge in [0.1, 0.15) is 0 Å². The van der Waals surface area contributed by atoms with E-state index in [-0.39, 0.29) is 10.6 Å². The van der Waals surface area contributed by atoms with Crippen LogP contribution in [0.3, 0.4) is 0 Å². The molecule has 0 bridgehead atoms. The van der Waals surface area contributed by atoms with Gasteiger partial charge in [-0.2, -0.15) is 18.3 Å². The number of sulfonamides is 1. The molecule has 6 nitrogen and oxygen atoms in total. The van der Waals surface area contributed by atoms with Crippen molar-refractivity contribution in [2.45, 2.75) is 11.1 Å². The summed E-state index contributed by atoms with van der Waals surface area (Å²) in [6.07, 6.45) is -3.24. The van der Waals surface area contributed by atoms with Crippen LogP contribution < -0.4 is 10.6 Å². The van der Waals surface area contributed by atoms with Gasteiger partial charge in [0.2, 0.25) is 0 Å². The Bertz CT molecular complexity index is 1110. The molecule has 140 valence electrons. The minimum absolute atomic E-state index is 0.180. The van der Waals surface area contributed by atoms with Crippen molar-refractivity contribution in [3.05, 3.63) is 65.9 Å². The monoisotopic (exact) mass is 394 g/mol. The van der Waals surface area contributed by atoms with Gasteiger partial charge in [-0.05, 0) is 36.4 Å². The molecule has 1 heterocycles. The molecule has 0 saturated carbocycles. The highest BCUT2D eigenvalue weighted by Gasteiger charge is 2.30. The summed E-state index contributed by atoms with van der Waals surface area (Å²) in [5, 5.41) is 4.04. The van der Waals surface area contributed by atoms with E-state index in [9.17, 15) is 21.6 Å². The smallest absolute Gasteiger partial charge is 0.323 e. The lowest BCUT2D eigenvalue weighted by molar-refractivity contribution is -0.137. The maximum absolute atomic E-state index is 12.6. The Morgan fingerprint density at radius 3 is 2.37 bits per heavy atom. The Morgan fingerprint density at radius 2 is 1.74 bits per heavy atom. The van der Waals surface area contributed by atoms with E-state index in [1.807, 2.05) is 0 Å². The van der Waals surface area contributed by atoms with Crippen LogP contribution in [0.2, 0.25) is 0 Å². The van der Waals surface area contributed by atoms with Crippen molar-refractivity contribution in [2.75, 3.05) is 4.72 Å². The molecule has 0 fully saturated rings. The van der Waals surface area contributed by atoms with Crippen molar-refractivity contribution in [3.8, 4) is 0 Å². The number of nitrogens with zero attached hydrogens (tertiary/aromatic N) is 2. The quantitative estimate of drug-likeness (QED) is 0.403. The van der Waals surface area contributed by atoms with Crippen LogP contribution in [0, 0.1) is 0 Å². The third kappa shape index (κ3) is 4.00. The number of alkyl halides is 3. The number of hydrogen-bond acceptors (Lipinski definition) is 5. The first-order chi connectivity index (χ1) is 12.7. The number of hydrazone groups is 1. The van der Waals surface area contributed by atoms with Crippen LogP contribution in [0.25, 0.3) is 10.9 Å². The van der Waals surface area contributed by atoms with E-state index in [0.29, 0.717) is 28.7 Å². The largest absolute Gasteiger partial charge is 0.416 e. The average Bonchev–Trinajstić information content (AvgIpc) is 2.62. The molecule has 2 aromatic carbocycles. The van der Waals surface area contributed by atoms with Gasteiger partial charge in [0, 0.05) is 5.39 Å². The minimum atomic E-state index is -4.55. The third-order valence-corrected chi connectivity index (χ3v) is 5.07. The maximum Gasteiger partial charge on any atom is 0.416 e. The zero-order valence-electron chi connectivity index (χ0n) is 13.6. The first-order valence-electron chi connectivity index (χ1n) is 7.54. The molecule has 0 spiro atoms. The SMILES string of the molecule is N/N=C/c1ccc2cccc(NS(=O)(=O)c3ccc(C(F)(F)F)cc3)c2n1. The third-order valence-electron chi connectivity index (χ3n) is 3.68. The molecule has 0 aliphatic rings. The van der Waals surface area contributed by atoms with E-state index in [1.165, 1.54) is 12.3 Å². The fourth-order valence-corrected chi connectivity index (χ4v) is 3.49. The summed E-state index contributed by atoms with van der Waals surface area (Å²) in [6, 6.07) is 11.5. The van der Waals surface area contributed by atoms with Gasteiger partial charge in [0.05, 0.1) is 33.6 Å². The number of aromatic nitrogens is 1. The molecule has 0 radical (unpaired) electrons. The molecular weight excluding hydrogens is 381 g/mol. The van der Waals surface area contributed by atoms with Gasteiger partial charge in [-0.1, -0.05) is 18.2 Å². The van der Waals surface area contributed by atoms with E-state index < -0.39 is 21.8 Å². The van der Waals surface area contributed by atoms with Gasteiger partial charge in [-0.3, -0.25) is 4.72 Å². The number of nitrogens with two attached hydrogens (primary N) is 1. The second-order valence-electron chi connectivity index (χ2n) is 5.52. The number of halogens is 3. The summed E-state index contributed by atoms with van der Waals surface area (Å²) in [6.45, 7) is 0. The van der Waals surface area contributed by atoms with Gasteiger partial charge < -0.3 is 5.84 Å². The van der Waals surface area contributed by atoms with Crippen LogP contribution >= 0.6 is 0 Å². The average molecular weight is 394 g/mol. The van der Waals surface area contributed by atoms with E-state index in [1.54, 1.807) is 24.3 Å². The molecule has 10 heteroatoms. The van der Waals surface area contributed by atoms with Crippen molar-refractivity contribution < 1.29 is 21.6 Å². The maximum atomic E-state index is 12.6. The van der Waals surface area contributed by atoms with Crippen molar-refractivity contribution in [1.82, 2.24) is 4.98 Å². The number of nitrogens with one attached hydrogen (secondary N) is 1. The Hall–Kier alpha value is -3.14. The number of benzene rings is 2. The lowest BCUT2D eigenvalue weighted by atomic mass is 10.2. The Kier molecular flexibility index (Phi) is 4.75. The summed E-state index contributed by atoms with van der Waals surface area (Å²) in [5.41, 5.74) is 0.0234. The molecule has 3 N–H and O–H groups in total. The molecule has 3 aromatic rings. The number of fused-ring (bicyclic) bond motifs is 1. The number of hydrogen-bond donors (Lipinski definition) is 2. The highest BCUT2D eigenvalue weighted by Crippen LogP contribution is 2.30. The number of para-hydroxylation sites is 1. The number of pyridine rings is 1. The molecule has 0 aliphatic heterocycles. The Morgan fingerprint density at radius 1 is 1.04 bits per heavy atom. The second kappa shape index (κ2) is 6.88. The van der Waals surface area contributed by atoms with Crippen LogP contribution in [-0.4, -0.2) is 19.6 Å². The first-order valence-corrected chi connectivity index (χ1v) is 9.02. The van der Waals surface area contributed by atoms with Crippen LogP contribution in [0.5, 0.6) is 0 Å². The predicted molar refractivity (Wildman–Crippen MR) is 95.8 cm³/mol. The van der Waals surface area contributed by atoms with E-state index in [4.69, 9.17) is 5.84 Å². The second-order valence-corrected chi connectivity index (χ2v) is 7.20. The highest BCUT2D eigenvalue weighted by molar-refractivity contribution is 7.92. The summed E-state index contributed by atoms with van der Waals surface area (Å²) in [7, 11) is -4.11. The number of rotatable bonds is 4. The minimum Gasteiger partial charge on any atom is -0.323 e. The van der Waals surface area contributed by atoms with Crippen LogP contribution in [0.4, 0.5) is 18.9 Å². The fraction of sp³-hybridized carbons (Fsp3) is 0.0588. The number of anilines is 1. The predicted octanol–water partition coefficient (Wildman–Crippen LogP) is 3.35. The normalized spacial score (nSPS) is 12.6. The molecule has 1 aromatic heterocycles. The van der Waals surface area contributed by atoms with Crippen LogP contribution in [0.1, 0.15) is 11.3 Å². The topological polar surface area (TPSA) is 97.4 Å². The highest BCUT2D eigenvalue weighted by atomic mass is 32.2. The molecule has 0 amide bonds. The summed E-state index contributed by atoms with van der Waals surface area (Å²) in [5.74, 6) is 5.10. The van der Waals surface area contributed by atoms with Crippen molar-refractivity contribution in [2.24, 2.45) is 10.9 Å². The van der Waals surface area contributed by atoms with E-state index in [0.717, 1.165) is 12.1 Å².